The van der Waals surface area contributed by atoms with Crippen LogP contribution in [0.25, 0.3) is 0 Å². The van der Waals surface area contributed by atoms with Crippen molar-refractivity contribution in [3.63, 3.8) is 0 Å². The van der Waals surface area contributed by atoms with Gasteiger partial charge in [-0.05, 0) is 51.2 Å². The standard InChI is InChI=1S/C16H29N3/c1-4-18(5-2)13-15-9-10-16(17(15)3)14-19-11-7-6-8-12-19/h9-10H,4-8,11-14H2,1-3H3. The number of aromatic nitrogens is 1. The molecular formula is C16H29N3. The van der Waals surface area contributed by atoms with Gasteiger partial charge in [0.1, 0.15) is 0 Å². The molecule has 0 N–H and O–H groups in total. The molecule has 2 rings (SSSR count). The van der Waals surface area contributed by atoms with Crippen LogP contribution in [0.1, 0.15) is 44.5 Å². The Morgan fingerprint density at radius 1 is 1.00 bits per heavy atom. The average molecular weight is 263 g/mol. The highest BCUT2D eigenvalue weighted by Crippen LogP contribution is 2.15. The number of hydrogen-bond acceptors (Lipinski definition) is 2. The van der Waals surface area contributed by atoms with Crippen molar-refractivity contribution in [1.82, 2.24) is 14.4 Å². The Kier molecular flexibility index (Phi) is 5.46. The monoisotopic (exact) mass is 263 g/mol. The Bertz CT molecular complexity index is 373. The Hall–Kier alpha value is -0.800. The van der Waals surface area contributed by atoms with E-state index in [1.807, 2.05) is 0 Å². The van der Waals surface area contributed by atoms with E-state index in [9.17, 15) is 0 Å². The first kappa shape index (κ1) is 14.6. The quantitative estimate of drug-likeness (QED) is 0.782. The second-order valence-electron chi connectivity index (χ2n) is 5.67. The molecule has 0 saturated carbocycles. The van der Waals surface area contributed by atoms with Crippen molar-refractivity contribution in [2.45, 2.75) is 46.2 Å². The SMILES string of the molecule is CCN(CC)Cc1ccc(CN2CCCCC2)n1C. The van der Waals surface area contributed by atoms with Gasteiger partial charge in [0.15, 0.2) is 0 Å². The summed E-state index contributed by atoms with van der Waals surface area (Å²) in [6, 6.07) is 4.62. The molecule has 0 aliphatic carbocycles. The molecule has 3 heteroatoms. The van der Waals surface area contributed by atoms with Gasteiger partial charge in [-0.25, -0.2) is 0 Å². The summed E-state index contributed by atoms with van der Waals surface area (Å²) >= 11 is 0. The largest absolute Gasteiger partial charge is 0.349 e. The zero-order valence-electron chi connectivity index (χ0n) is 12.9. The molecule has 0 unspecified atom stereocenters. The molecule has 1 aliphatic rings. The molecule has 1 aliphatic heterocycles. The summed E-state index contributed by atoms with van der Waals surface area (Å²) in [7, 11) is 2.22. The summed E-state index contributed by atoms with van der Waals surface area (Å²) < 4.78 is 2.40. The summed E-state index contributed by atoms with van der Waals surface area (Å²) in [5.41, 5.74) is 2.90. The van der Waals surface area contributed by atoms with Gasteiger partial charge < -0.3 is 4.57 Å². The summed E-state index contributed by atoms with van der Waals surface area (Å²) in [6.45, 7) is 11.5. The van der Waals surface area contributed by atoms with Crippen molar-refractivity contribution >= 4 is 0 Å². The van der Waals surface area contributed by atoms with E-state index >= 15 is 0 Å². The van der Waals surface area contributed by atoms with Crippen molar-refractivity contribution in [3.05, 3.63) is 23.5 Å². The van der Waals surface area contributed by atoms with E-state index in [0.717, 1.165) is 26.2 Å². The van der Waals surface area contributed by atoms with Crippen LogP contribution in [0.5, 0.6) is 0 Å². The highest BCUT2D eigenvalue weighted by atomic mass is 15.2. The maximum absolute atomic E-state index is 2.60. The Morgan fingerprint density at radius 2 is 1.63 bits per heavy atom. The van der Waals surface area contributed by atoms with Crippen LogP contribution in [0.15, 0.2) is 12.1 Å². The molecule has 2 heterocycles. The lowest BCUT2D eigenvalue weighted by Crippen LogP contribution is -2.30. The molecular weight excluding hydrogens is 234 g/mol. The number of hydrogen-bond donors (Lipinski definition) is 0. The van der Waals surface area contributed by atoms with Gasteiger partial charge >= 0.3 is 0 Å². The van der Waals surface area contributed by atoms with Crippen LogP contribution in [0.2, 0.25) is 0 Å². The number of likely N-dealkylation sites (tertiary alicyclic amines) is 1. The van der Waals surface area contributed by atoms with Crippen LogP contribution < -0.4 is 0 Å². The number of piperidine rings is 1. The summed E-state index contributed by atoms with van der Waals surface area (Å²) in [5.74, 6) is 0. The maximum atomic E-state index is 2.60. The molecule has 1 fully saturated rings. The van der Waals surface area contributed by atoms with Gasteiger partial charge in [-0.1, -0.05) is 20.3 Å². The predicted octanol–water partition coefficient (Wildman–Crippen LogP) is 2.85. The lowest BCUT2D eigenvalue weighted by Gasteiger charge is -2.26. The van der Waals surface area contributed by atoms with Crippen LogP contribution in [-0.2, 0) is 20.1 Å². The molecule has 1 aromatic heterocycles. The molecule has 0 radical (unpaired) electrons. The molecule has 0 amide bonds. The molecule has 1 saturated heterocycles. The van der Waals surface area contributed by atoms with Crippen molar-refractivity contribution in [2.24, 2.45) is 7.05 Å². The Balaban J connectivity index is 1.96. The van der Waals surface area contributed by atoms with Crippen LogP contribution in [0.4, 0.5) is 0 Å². The third-order valence-electron chi connectivity index (χ3n) is 4.44. The highest BCUT2D eigenvalue weighted by Gasteiger charge is 2.13. The van der Waals surface area contributed by atoms with Gasteiger partial charge in [0.05, 0.1) is 0 Å². The van der Waals surface area contributed by atoms with Crippen LogP contribution >= 0.6 is 0 Å². The fraction of sp³-hybridized carbons (Fsp3) is 0.750. The normalized spacial score (nSPS) is 17.3. The van der Waals surface area contributed by atoms with E-state index in [0.29, 0.717) is 0 Å². The van der Waals surface area contributed by atoms with Gasteiger partial charge in [-0.3, -0.25) is 9.80 Å². The van der Waals surface area contributed by atoms with Gasteiger partial charge in [0, 0.05) is 31.5 Å². The van der Waals surface area contributed by atoms with E-state index in [4.69, 9.17) is 0 Å². The van der Waals surface area contributed by atoms with E-state index in [1.54, 1.807) is 0 Å². The van der Waals surface area contributed by atoms with Gasteiger partial charge in [0.25, 0.3) is 0 Å². The number of rotatable bonds is 6. The molecule has 19 heavy (non-hydrogen) atoms. The van der Waals surface area contributed by atoms with E-state index < -0.39 is 0 Å². The first-order valence-electron chi connectivity index (χ1n) is 7.82. The fourth-order valence-electron chi connectivity index (χ4n) is 2.94. The highest BCUT2D eigenvalue weighted by molar-refractivity contribution is 5.16. The van der Waals surface area contributed by atoms with Gasteiger partial charge in [0.2, 0.25) is 0 Å². The van der Waals surface area contributed by atoms with Crippen molar-refractivity contribution in [2.75, 3.05) is 26.2 Å². The predicted molar refractivity (Wildman–Crippen MR) is 81.2 cm³/mol. The van der Waals surface area contributed by atoms with Crippen LogP contribution in [-0.4, -0.2) is 40.5 Å². The fourth-order valence-corrected chi connectivity index (χ4v) is 2.94. The first-order valence-corrected chi connectivity index (χ1v) is 7.82. The molecule has 108 valence electrons. The van der Waals surface area contributed by atoms with E-state index in [1.165, 1.54) is 43.7 Å². The second-order valence-corrected chi connectivity index (χ2v) is 5.67. The van der Waals surface area contributed by atoms with Crippen molar-refractivity contribution < 1.29 is 0 Å². The van der Waals surface area contributed by atoms with Gasteiger partial charge in [-0.2, -0.15) is 0 Å². The zero-order chi connectivity index (χ0) is 13.7. The Morgan fingerprint density at radius 3 is 2.26 bits per heavy atom. The second kappa shape index (κ2) is 7.11. The zero-order valence-corrected chi connectivity index (χ0v) is 12.9. The minimum Gasteiger partial charge on any atom is -0.349 e. The maximum Gasteiger partial charge on any atom is 0.0387 e. The third kappa shape index (κ3) is 3.83. The summed E-state index contributed by atoms with van der Waals surface area (Å²) in [4.78, 5) is 5.07. The number of nitrogens with zero attached hydrogens (tertiary/aromatic N) is 3. The minimum atomic E-state index is 1.07. The smallest absolute Gasteiger partial charge is 0.0387 e. The third-order valence-corrected chi connectivity index (χ3v) is 4.44. The lowest BCUT2D eigenvalue weighted by molar-refractivity contribution is 0.216. The lowest BCUT2D eigenvalue weighted by atomic mass is 10.1. The van der Waals surface area contributed by atoms with Crippen molar-refractivity contribution in [1.29, 1.82) is 0 Å². The van der Waals surface area contributed by atoms with E-state index in [-0.39, 0.29) is 0 Å². The minimum absolute atomic E-state index is 1.07. The van der Waals surface area contributed by atoms with Crippen molar-refractivity contribution in [3.8, 4) is 0 Å². The molecule has 0 aromatic carbocycles. The Labute approximate surface area is 118 Å². The molecule has 0 atom stereocenters. The summed E-state index contributed by atoms with van der Waals surface area (Å²) in [6.07, 6.45) is 4.16. The first-order chi connectivity index (χ1) is 9.24. The van der Waals surface area contributed by atoms with Crippen LogP contribution in [0.3, 0.4) is 0 Å². The summed E-state index contributed by atoms with van der Waals surface area (Å²) in [5, 5.41) is 0. The molecule has 1 aromatic rings. The van der Waals surface area contributed by atoms with E-state index in [2.05, 4.69) is 47.4 Å². The molecule has 0 spiro atoms. The van der Waals surface area contributed by atoms with Gasteiger partial charge in [-0.15, -0.1) is 0 Å². The topological polar surface area (TPSA) is 11.4 Å². The molecule has 0 bridgehead atoms. The average Bonchev–Trinajstić information content (AvgIpc) is 2.78. The molecule has 3 nitrogen and oxygen atoms in total. The van der Waals surface area contributed by atoms with Crippen LogP contribution in [0, 0.1) is 0 Å².